The van der Waals surface area contributed by atoms with E-state index in [0.29, 0.717) is 26.1 Å². The molecule has 2 rings (SSSR count). The Kier molecular flexibility index (Phi) is 5.49. The van der Waals surface area contributed by atoms with Gasteiger partial charge in [0.2, 0.25) is 5.91 Å². The SMILES string of the molecule is CN(Cc1csc(C#CCN)c1)C(=O)CCn1ccnn1. The van der Waals surface area contributed by atoms with Crippen LogP contribution in [0.4, 0.5) is 0 Å². The normalized spacial score (nSPS) is 10.0. The highest BCUT2D eigenvalue weighted by Gasteiger charge is 2.10. The Morgan fingerprint density at radius 2 is 2.43 bits per heavy atom. The van der Waals surface area contributed by atoms with Crippen molar-refractivity contribution in [2.45, 2.75) is 19.5 Å². The van der Waals surface area contributed by atoms with Crippen LogP contribution in [0.2, 0.25) is 0 Å². The third-order valence-corrected chi connectivity index (χ3v) is 3.73. The first-order chi connectivity index (χ1) is 10.2. The second-order valence-corrected chi connectivity index (χ2v) is 5.40. The van der Waals surface area contributed by atoms with Gasteiger partial charge in [-0.2, -0.15) is 0 Å². The van der Waals surface area contributed by atoms with Gasteiger partial charge in [0.05, 0.1) is 24.2 Å². The monoisotopic (exact) mass is 303 g/mol. The average Bonchev–Trinajstić information content (AvgIpc) is 3.14. The van der Waals surface area contributed by atoms with Gasteiger partial charge in [0, 0.05) is 26.2 Å². The minimum Gasteiger partial charge on any atom is -0.341 e. The maximum atomic E-state index is 12.0. The summed E-state index contributed by atoms with van der Waals surface area (Å²) in [6, 6.07) is 1.99. The molecule has 1 amide bonds. The number of carbonyl (C=O) groups excluding carboxylic acids is 1. The number of carbonyl (C=O) groups is 1. The lowest BCUT2D eigenvalue weighted by molar-refractivity contribution is -0.130. The number of hydrogen-bond acceptors (Lipinski definition) is 5. The molecule has 2 heterocycles. The van der Waals surface area contributed by atoms with Gasteiger partial charge in [-0.3, -0.25) is 9.48 Å². The van der Waals surface area contributed by atoms with Gasteiger partial charge in [-0.15, -0.1) is 16.4 Å². The lowest BCUT2D eigenvalue weighted by Crippen LogP contribution is -2.26. The third-order valence-electron chi connectivity index (χ3n) is 2.84. The first-order valence-corrected chi connectivity index (χ1v) is 7.41. The Morgan fingerprint density at radius 3 is 3.14 bits per heavy atom. The zero-order valence-corrected chi connectivity index (χ0v) is 12.6. The highest BCUT2D eigenvalue weighted by atomic mass is 32.1. The fraction of sp³-hybridized carbons (Fsp3) is 0.357. The van der Waals surface area contributed by atoms with E-state index in [1.807, 2.05) is 11.4 Å². The van der Waals surface area contributed by atoms with E-state index in [4.69, 9.17) is 5.73 Å². The van der Waals surface area contributed by atoms with Crippen LogP contribution >= 0.6 is 11.3 Å². The van der Waals surface area contributed by atoms with Gasteiger partial charge >= 0.3 is 0 Å². The fourth-order valence-electron chi connectivity index (χ4n) is 1.78. The maximum Gasteiger partial charge on any atom is 0.224 e. The van der Waals surface area contributed by atoms with Gasteiger partial charge in [-0.25, -0.2) is 0 Å². The molecule has 2 N–H and O–H groups in total. The number of thiophene rings is 1. The van der Waals surface area contributed by atoms with Crippen LogP contribution in [0.15, 0.2) is 23.8 Å². The number of rotatable bonds is 5. The molecule has 2 aromatic heterocycles. The summed E-state index contributed by atoms with van der Waals surface area (Å²) in [5, 5.41) is 9.56. The van der Waals surface area contributed by atoms with Crippen molar-refractivity contribution in [1.29, 1.82) is 0 Å². The summed E-state index contributed by atoms with van der Waals surface area (Å²) in [6.45, 7) is 1.48. The number of nitrogens with zero attached hydrogens (tertiary/aromatic N) is 4. The van der Waals surface area contributed by atoms with Gasteiger partial charge in [0.15, 0.2) is 0 Å². The van der Waals surface area contributed by atoms with Gasteiger partial charge in [0.25, 0.3) is 0 Å². The third kappa shape index (κ3) is 4.70. The highest BCUT2D eigenvalue weighted by molar-refractivity contribution is 7.10. The Labute approximate surface area is 127 Å². The molecule has 0 aromatic carbocycles. The van der Waals surface area contributed by atoms with Gasteiger partial charge < -0.3 is 10.6 Å². The summed E-state index contributed by atoms with van der Waals surface area (Å²) in [5.74, 6) is 5.89. The molecule has 0 aliphatic rings. The van der Waals surface area contributed by atoms with E-state index < -0.39 is 0 Å². The van der Waals surface area contributed by atoms with E-state index in [1.165, 1.54) is 0 Å². The summed E-state index contributed by atoms with van der Waals surface area (Å²) in [6.07, 6.45) is 3.75. The first-order valence-electron chi connectivity index (χ1n) is 6.53. The van der Waals surface area contributed by atoms with Crippen LogP contribution in [-0.2, 0) is 17.9 Å². The van der Waals surface area contributed by atoms with E-state index in [-0.39, 0.29) is 5.91 Å². The minimum atomic E-state index is 0.0753. The molecule has 0 fully saturated rings. The molecular formula is C14H17N5OS. The predicted molar refractivity (Wildman–Crippen MR) is 81.4 cm³/mol. The zero-order valence-electron chi connectivity index (χ0n) is 11.8. The fourth-order valence-corrected chi connectivity index (χ4v) is 2.55. The van der Waals surface area contributed by atoms with Crippen molar-refractivity contribution in [3.8, 4) is 11.8 Å². The number of aryl methyl sites for hydroxylation is 1. The Bertz CT molecular complexity index is 638. The summed E-state index contributed by atoms with van der Waals surface area (Å²) in [5.41, 5.74) is 6.43. The van der Waals surface area contributed by atoms with E-state index >= 15 is 0 Å². The molecule has 0 atom stereocenters. The van der Waals surface area contributed by atoms with Gasteiger partial charge in [-0.05, 0) is 17.0 Å². The van der Waals surface area contributed by atoms with Crippen LogP contribution in [0.5, 0.6) is 0 Å². The molecular weight excluding hydrogens is 286 g/mol. The number of aromatic nitrogens is 3. The second-order valence-electron chi connectivity index (χ2n) is 4.49. The van der Waals surface area contributed by atoms with E-state index in [2.05, 4.69) is 22.2 Å². The Hall–Kier alpha value is -2.17. The van der Waals surface area contributed by atoms with E-state index in [0.717, 1.165) is 10.4 Å². The van der Waals surface area contributed by atoms with Crippen molar-refractivity contribution in [3.05, 3.63) is 34.3 Å². The molecule has 21 heavy (non-hydrogen) atoms. The van der Waals surface area contributed by atoms with Crippen molar-refractivity contribution in [2.24, 2.45) is 5.73 Å². The molecule has 7 heteroatoms. The van der Waals surface area contributed by atoms with E-state index in [1.54, 1.807) is 40.4 Å². The molecule has 6 nitrogen and oxygen atoms in total. The summed E-state index contributed by atoms with van der Waals surface area (Å²) < 4.78 is 1.65. The molecule has 2 aromatic rings. The van der Waals surface area contributed by atoms with Crippen LogP contribution in [0, 0.1) is 11.8 Å². The maximum absolute atomic E-state index is 12.0. The lowest BCUT2D eigenvalue weighted by atomic mass is 10.2. The van der Waals surface area contributed by atoms with Crippen LogP contribution < -0.4 is 5.73 Å². The molecule has 110 valence electrons. The van der Waals surface area contributed by atoms with E-state index in [9.17, 15) is 4.79 Å². The summed E-state index contributed by atoms with van der Waals surface area (Å²) in [7, 11) is 1.80. The second kappa shape index (κ2) is 7.57. The summed E-state index contributed by atoms with van der Waals surface area (Å²) >= 11 is 1.57. The van der Waals surface area contributed by atoms with Crippen molar-refractivity contribution < 1.29 is 4.79 Å². The Balaban J connectivity index is 1.84. The molecule has 0 aliphatic heterocycles. The average molecular weight is 303 g/mol. The lowest BCUT2D eigenvalue weighted by Gasteiger charge is -2.16. The molecule has 0 radical (unpaired) electrons. The van der Waals surface area contributed by atoms with Crippen molar-refractivity contribution in [3.63, 3.8) is 0 Å². The van der Waals surface area contributed by atoms with Crippen LogP contribution in [0.25, 0.3) is 0 Å². The number of nitrogens with two attached hydrogens (primary N) is 1. The molecule has 0 saturated heterocycles. The highest BCUT2D eigenvalue weighted by Crippen LogP contribution is 2.15. The first kappa shape index (κ1) is 15.2. The van der Waals surface area contributed by atoms with Gasteiger partial charge in [-0.1, -0.05) is 17.1 Å². The molecule has 0 unspecified atom stereocenters. The van der Waals surface area contributed by atoms with Crippen LogP contribution in [0.1, 0.15) is 16.9 Å². The van der Waals surface area contributed by atoms with Crippen molar-refractivity contribution in [1.82, 2.24) is 19.9 Å². The molecule has 0 saturated carbocycles. The largest absolute Gasteiger partial charge is 0.341 e. The number of hydrogen-bond donors (Lipinski definition) is 1. The van der Waals surface area contributed by atoms with Crippen LogP contribution in [0.3, 0.4) is 0 Å². The summed E-state index contributed by atoms with van der Waals surface area (Å²) in [4.78, 5) is 14.7. The Morgan fingerprint density at radius 1 is 1.57 bits per heavy atom. The predicted octanol–water partition coefficient (Wildman–Crippen LogP) is 0.699. The topological polar surface area (TPSA) is 77.0 Å². The standard InChI is InChI=1S/C14H17N5OS/c1-18(14(20)4-7-19-8-6-16-17-19)10-12-9-13(21-11-12)3-2-5-15/h6,8-9,11H,4-5,7,10,15H2,1H3. The number of amides is 1. The molecule has 0 aliphatic carbocycles. The van der Waals surface area contributed by atoms with Crippen molar-refractivity contribution in [2.75, 3.05) is 13.6 Å². The van der Waals surface area contributed by atoms with Gasteiger partial charge in [0.1, 0.15) is 0 Å². The molecule has 0 spiro atoms. The van der Waals surface area contributed by atoms with Crippen LogP contribution in [-0.4, -0.2) is 39.4 Å². The van der Waals surface area contributed by atoms with Crippen molar-refractivity contribution >= 4 is 17.2 Å². The quantitative estimate of drug-likeness (QED) is 0.825. The minimum absolute atomic E-state index is 0.0753. The molecule has 0 bridgehead atoms. The smallest absolute Gasteiger partial charge is 0.224 e. The zero-order chi connectivity index (χ0) is 15.1.